The van der Waals surface area contributed by atoms with Gasteiger partial charge >= 0.3 is 0 Å². The largest absolute Gasteiger partial charge is 0.492 e. The highest BCUT2D eigenvalue weighted by atomic mass is 16.5. The molecule has 0 saturated heterocycles. The lowest BCUT2D eigenvalue weighted by Gasteiger charge is -2.29. The predicted octanol–water partition coefficient (Wildman–Crippen LogP) is 11.3. The number of benzene rings is 5. The molecule has 0 aliphatic rings. The van der Waals surface area contributed by atoms with Gasteiger partial charge in [-0.1, -0.05) is 146 Å². The molecule has 5 rings (SSSR count). The Morgan fingerprint density at radius 3 is 1.33 bits per heavy atom. The minimum Gasteiger partial charge on any atom is -0.492 e. The average Bonchev–Trinajstić information content (AvgIpc) is 3.05. The van der Waals surface area contributed by atoms with E-state index in [2.05, 4.69) is 145 Å². The second-order valence-electron chi connectivity index (χ2n) is 10.1. The van der Waals surface area contributed by atoms with Crippen LogP contribution in [-0.4, -0.2) is 6.61 Å². The molecule has 2 heteroatoms. The SMILES string of the molecule is CCOc1cccc(C)c1N(c1ccc(C=CC=Cc2ccccc2)cc1)c1ccc(C=CC=Cc2ccccc2)cc1. The molecule has 0 bridgehead atoms. The smallest absolute Gasteiger partial charge is 0.143 e. The highest BCUT2D eigenvalue weighted by Gasteiger charge is 2.19. The third-order valence-electron chi connectivity index (χ3n) is 7.00. The van der Waals surface area contributed by atoms with Gasteiger partial charge in [-0.3, -0.25) is 0 Å². The lowest BCUT2D eigenvalue weighted by atomic mass is 10.1. The molecule has 0 amide bonds. The molecule has 43 heavy (non-hydrogen) atoms. The number of ether oxygens (including phenoxy) is 1. The summed E-state index contributed by atoms with van der Waals surface area (Å²) in [5.41, 5.74) is 8.99. The van der Waals surface area contributed by atoms with Crippen LogP contribution in [0, 0.1) is 6.92 Å². The van der Waals surface area contributed by atoms with Gasteiger partial charge in [-0.15, -0.1) is 0 Å². The summed E-state index contributed by atoms with van der Waals surface area (Å²) in [5.74, 6) is 0.868. The zero-order valence-electron chi connectivity index (χ0n) is 24.8. The summed E-state index contributed by atoms with van der Waals surface area (Å²) in [6, 6.07) is 44.2. The molecular formula is C41H37NO. The van der Waals surface area contributed by atoms with Crippen molar-refractivity contribution in [2.24, 2.45) is 0 Å². The molecule has 0 atom stereocenters. The first-order valence-corrected chi connectivity index (χ1v) is 14.7. The van der Waals surface area contributed by atoms with E-state index in [1.54, 1.807) is 0 Å². The summed E-state index contributed by atoms with van der Waals surface area (Å²) >= 11 is 0. The highest BCUT2D eigenvalue weighted by molar-refractivity contribution is 5.83. The molecule has 0 saturated carbocycles. The first-order chi connectivity index (χ1) is 21.2. The Bertz CT molecular complexity index is 1590. The zero-order valence-corrected chi connectivity index (χ0v) is 24.8. The Morgan fingerprint density at radius 2 is 0.907 bits per heavy atom. The first kappa shape index (κ1) is 29.2. The lowest BCUT2D eigenvalue weighted by molar-refractivity contribution is 0.341. The summed E-state index contributed by atoms with van der Waals surface area (Å²) in [5, 5.41) is 0. The van der Waals surface area contributed by atoms with Crippen molar-refractivity contribution in [3.8, 4) is 5.75 Å². The molecule has 0 unspecified atom stereocenters. The van der Waals surface area contributed by atoms with Crippen molar-refractivity contribution >= 4 is 41.4 Å². The number of aryl methyl sites for hydroxylation is 1. The second kappa shape index (κ2) is 15.0. The number of nitrogens with zero attached hydrogens (tertiary/aromatic N) is 1. The Hall–Kier alpha value is -5.34. The van der Waals surface area contributed by atoms with Crippen LogP contribution in [0.2, 0.25) is 0 Å². The van der Waals surface area contributed by atoms with Gasteiger partial charge in [0, 0.05) is 11.4 Å². The Morgan fingerprint density at radius 1 is 0.488 bits per heavy atom. The Balaban J connectivity index is 1.40. The standard InChI is InChI=1S/C41H37NO/c1-3-43-40-24-14-15-33(2)41(40)42(38-29-25-36(26-30-38)22-12-10-20-34-16-6-4-7-17-34)39-31-27-37(28-32-39)23-13-11-21-35-18-8-5-9-19-35/h4-32H,3H2,1-2H3. The molecule has 0 radical (unpaired) electrons. The van der Waals surface area contributed by atoms with Crippen LogP contribution in [0.15, 0.2) is 152 Å². The minimum atomic E-state index is 0.602. The fourth-order valence-electron chi connectivity index (χ4n) is 4.86. The molecule has 5 aromatic rings. The van der Waals surface area contributed by atoms with Crippen LogP contribution in [0.3, 0.4) is 0 Å². The van der Waals surface area contributed by atoms with E-state index in [9.17, 15) is 0 Å². The summed E-state index contributed by atoms with van der Waals surface area (Å²) in [6.07, 6.45) is 16.8. The van der Waals surface area contributed by atoms with Gasteiger partial charge < -0.3 is 9.64 Å². The van der Waals surface area contributed by atoms with E-state index in [1.807, 2.05) is 49.4 Å². The summed E-state index contributed by atoms with van der Waals surface area (Å²) in [4.78, 5) is 2.28. The number of hydrogen-bond acceptors (Lipinski definition) is 2. The molecule has 212 valence electrons. The monoisotopic (exact) mass is 559 g/mol. The van der Waals surface area contributed by atoms with E-state index >= 15 is 0 Å². The Labute approximate surface area is 256 Å². The van der Waals surface area contributed by atoms with Crippen LogP contribution in [0.4, 0.5) is 17.1 Å². The fraction of sp³-hybridized carbons (Fsp3) is 0.0732. The van der Waals surface area contributed by atoms with E-state index in [0.29, 0.717) is 6.61 Å². The van der Waals surface area contributed by atoms with Crippen molar-refractivity contribution in [1.29, 1.82) is 0 Å². The van der Waals surface area contributed by atoms with E-state index in [4.69, 9.17) is 4.74 Å². The van der Waals surface area contributed by atoms with Gasteiger partial charge in [0.15, 0.2) is 0 Å². The van der Waals surface area contributed by atoms with Crippen LogP contribution in [0.1, 0.15) is 34.7 Å². The van der Waals surface area contributed by atoms with Crippen LogP contribution in [-0.2, 0) is 0 Å². The average molecular weight is 560 g/mol. The van der Waals surface area contributed by atoms with Crippen LogP contribution < -0.4 is 9.64 Å². The maximum atomic E-state index is 6.11. The van der Waals surface area contributed by atoms with Gasteiger partial charge in [-0.05, 0) is 72.0 Å². The number of para-hydroxylation sites is 1. The van der Waals surface area contributed by atoms with Crippen molar-refractivity contribution in [2.75, 3.05) is 11.5 Å². The zero-order chi connectivity index (χ0) is 29.7. The second-order valence-corrected chi connectivity index (χ2v) is 10.1. The summed E-state index contributed by atoms with van der Waals surface area (Å²) < 4.78 is 6.11. The van der Waals surface area contributed by atoms with E-state index < -0.39 is 0 Å². The maximum Gasteiger partial charge on any atom is 0.143 e. The Kier molecular flexibility index (Phi) is 10.2. The molecule has 0 aromatic heterocycles. The van der Waals surface area contributed by atoms with Gasteiger partial charge in [0.05, 0.1) is 12.3 Å². The number of hydrogen-bond donors (Lipinski definition) is 0. The lowest BCUT2D eigenvalue weighted by Crippen LogP contribution is -2.13. The number of allylic oxidation sites excluding steroid dienone is 4. The quantitative estimate of drug-likeness (QED) is 0.149. The summed E-state index contributed by atoms with van der Waals surface area (Å²) in [6.45, 7) is 4.76. The molecule has 0 N–H and O–H groups in total. The number of rotatable bonds is 11. The third kappa shape index (κ3) is 8.12. The molecule has 0 aliphatic carbocycles. The molecule has 2 nitrogen and oxygen atoms in total. The minimum absolute atomic E-state index is 0.602. The molecule has 0 aliphatic heterocycles. The fourth-order valence-corrected chi connectivity index (χ4v) is 4.86. The maximum absolute atomic E-state index is 6.11. The van der Waals surface area contributed by atoms with Crippen LogP contribution >= 0.6 is 0 Å². The van der Waals surface area contributed by atoms with Crippen LogP contribution in [0.5, 0.6) is 5.75 Å². The van der Waals surface area contributed by atoms with E-state index in [0.717, 1.165) is 39.5 Å². The van der Waals surface area contributed by atoms with Crippen LogP contribution in [0.25, 0.3) is 24.3 Å². The van der Waals surface area contributed by atoms with Gasteiger partial charge in [0.25, 0.3) is 0 Å². The third-order valence-corrected chi connectivity index (χ3v) is 7.00. The van der Waals surface area contributed by atoms with E-state index in [1.165, 1.54) is 11.1 Å². The van der Waals surface area contributed by atoms with Crippen molar-refractivity contribution in [3.63, 3.8) is 0 Å². The van der Waals surface area contributed by atoms with E-state index in [-0.39, 0.29) is 0 Å². The normalized spacial score (nSPS) is 11.7. The van der Waals surface area contributed by atoms with Gasteiger partial charge in [-0.25, -0.2) is 0 Å². The highest BCUT2D eigenvalue weighted by Crippen LogP contribution is 2.42. The predicted molar refractivity (Wildman–Crippen MR) is 186 cm³/mol. The van der Waals surface area contributed by atoms with Gasteiger partial charge in [0.1, 0.15) is 5.75 Å². The number of anilines is 3. The molecule has 0 heterocycles. The topological polar surface area (TPSA) is 12.5 Å². The molecule has 5 aromatic carbocycles. The van der Waals surface area contributed by atoms with Gasteiger partial charge in [-0.2, -0.15) is 0 Å². The van der Waals surface area contributed by atoms with Gasteiger partial charge in [0.2, 0.25) is 0 Å². The van der Waals surface area contributed by atoms with Crippen molar-refractivity contribution in [2.45, 2.75) is 13.8 Å². The summed E-state index contributed by atoms with van der Waals surface area (Å²) in [7, 11) is 0. The molecular weight excluding hydrogens is 522 g/mol. The van der Waals surface area contributed by atoms with Crippen molar-refractivity contribution < 1.29 is 4.74 Å². The molecule has 0 fully saturated rings. The first-order valence-electron chi connectivity index (χ1n) is 14.7. The molecule has 0 spiro atoms. The van der Waals surface area contributed by atoms with Crippen molar-refractivity contribution in [3.05, 3.63) is 180 Å². The van der Waals surface area contributed by atoms with Crippen molar-refractivity contribution in [1.82, 2.24) is 0 Å².